The predicted molar refractivity (Wildman–Crippen MR) is 57.1 cm³/mol. The van der Waals surface area contributed by atoms with Crippen LogP contribution in [-0.2, 0) is 0 Å². The highest BCUT2D eigenvalue weighted by molar-refractivity contribution is 5.07. The van der Waals surface area contributed by atoms with Crippen LogP contribution >= 0.6 is 0 Å². The van der Waals surface area contributed by atoms with Gasteiger partial charge >= 0.3 is 0 Å². The summed E-state index contributed by atoms with van der Waals surface area (Å²) in [5, 5.41) is 4.72. The van der Waals surface area contributed by atoms with Gasteiger partial charge in [-0.1, -0.05) is 26.0 Å². The van der Waals surface area contributed by atoms with Gasteiger partial charge in [-0.15, -0.1) is 0 Å². The fourth-order valence-corrected chi connectivity index (χ4v) is 1.55. The first-order valence-electron chi connectivity index (χ1n) is 5.23. The molecule has 0 N–H and O–H groups in total. The minimum Gasteiger partial charge on any atom is -0.309 e. The van der Waals surface area contributed by atoms with Crippen molar-refractivity contribution in [2.45, 2.75) is 26.7 Å². The lowest BCUT2D eigenvalue weighted by molar-refractivity contribution is 0.0312. The molecular formula is C11H20N2. The van der Waals surface area contributed by atoms with Crippen LogP contribution in [0.3, 0.4) is 0 Å². The second-order valence-corrected chi connectivity index (χ2v) is 3.35. The lowest BCUT2D eigenvalue weighted by atomic mass is 10.3. The molecule has 1 aliphatic rings. The lowest BCUT2D eigenvalue weighted by Crippen LogP contribution is -2.40. The molecule has 0 aromatic heterocycles. The smallest absolute Gasteiger partial charge is 0.0524 e. The van der Waals surface area contributed by atoms with Crippen molar-refractivity contribution in [3.8, 4) is 0 Å². The van der Waals surface area contributed by atoms with E-state index in [0.717, 1.165) is 19.6 Å². The van der Waals surface area contributed by atoms with Crippen LogP contribution < -0.4 is 0 Å². The quantitative estimate of drug-likeness (QED) is 0.641. The van der Waals surface area contributed by atoms with Crippen LogP contribution in [0.25, 0.3) is 0 Å². The lowest BCUT2D eigenvalue weighted by Gasteiger charge is -2.34. The van der Waals surface area contributed by atoms with E-state index in [4.69, 9.17) is 0 Å². The number of nitrogens with zero attached hydrogens (tertiary/aromatic N) is 2. The summed E-state index contributed by atoms with van der Waals surface area (Å²) in [7, 11) is 0. The molecular weight excluding hydrogens is 160 g/mol. The highest BCUT2D eigenvalue weighted by atomic mass is 15.6. The summed E-state index contributed by atoms with van der Waals surface area (Å²) in [5.41, 5.74) is 0. The molecule has 0 bridgehead atoms. The Morgan fingerprint density at radius 2 is 1.85 bits per heavy atom. The fraction of sp³-hybridized carbons (Fsp3) is 0.636. The molecule has 0 fully saturated rings. The first-order valence-corrected chi connectivity index (χ1v) is 5.23. The second-order valence-electron chi connectivity index (χ2n) is 3.35. The van der Waals surface area contributed by atoms with Gasteiger partial charge < -0.3 is 5.01 Å². The first kappa shape index (κ1) is 10.3. The minimum atomic E-state index is 1.02. The van der Waals surface area contributed by atoms with Crippen molar-refractivity contribution >= 4 is 0 Å². The summed E-state index contributed by atoms with van der Waals surface area (Å²) >= 11 is 0. The van der Waals surface area contributed by atoms with Gasteiger partial charge in [0.2, 0.25) is 0 Å². The van der Waals surface area contributed by atoms with Gasteiger partial charge in [0.25, 0.3) is 0 Å². The van der Waals surface area contributed by atoms with Crippen LogP contribution in [0.5, 0.6) is 0 Å². The maximum absolute atomic E-state index is 2.42. The minimum absolute atomic E-state index is 1.02. The summed E-state index contributed by atoms with van der Waals surface area (Å²) in [6.07, 6.45) is 11.0. The Morgan fingerprint density at radius 3 is 2.31 bits per heavy atom. The van der Waals surface area contributed by atoms with Gasteiger partial charge in [-0.2, -0.15) is 0 Å². The first-order chi connectivity index (χ1) is 6.38. The van der Waals surface area contributed by atoms with Crippen molar-refractivity contribution in [3.05, 3.63) is 24.4 Å². The van der Waals surface area contributed by atoms with E-state index in [1.54, 1.807) is 0 Å². The molecule has 0 saturated carbocycles. The number of allylic oxidation sites excluding steroid dienone is 2. The molecule has 0 unspecified atom stereocenters. The highest BCUT2D eigenvalue weighted by Gasteiger charge is 2.09. The number of hydrogen-bond donors (Lipinski definition) is 0. The Hall–Kier alpha value is -0.760. The van der Waals surface area contributed by atoms with Crippen molar-refractivity contribution < 1.29 is 0 Å². The van der Waals surface area contributed by atoms with Gasteiger partial charge in [0.15, 0.2) is 0 Å². The summed E-state index contributed by atoms with van der Waals surface area (Å²) < 4.78 is 0. The summed E-state index contributed by atoms with van der Waals surface area (Å²) in [5.74, 6) is 0. The van der Waals surface area contributed by atoms with Crippen molar-refractivity contribution in [2.24, 2.45) is 0 Å². The molecule has 0 aromatic rings. The third-order valence-corrected chi connectivity index (χ3v) is 2.12. The summed E-state index contributed by atoms with van der Waals surface area (Å²) in [6.45, 7) is 7.80. The van der Waals surface area contributed by atoms with E-state index in [0.29, 0.717) is 0 Å². The van der Waals surface area contributed by atoms with Crippen molar-refractivity contribution in [2.75, 3.05) is 19.6 Å². The normalized spacial score (nSPS) is 15.8. The molecule has 0 radical (unpaired) electrons. The Morgan fingerprint density at radius 1 is 1.15 bits per heavy atom. The molecule has 0 spiro atoms. The topological polar surface area (TPSA) is 6.48 Å². The van der Waals surface area contributed by atoms with Crippen molar-refractivity contribution in [3.63, 3.8) is 0 Å². The average molecular weight is 180 g/mol. The van der Waals surface area contributed by atoms with E-state index in [2.05, 4.69) is 48.3 Å². The molecule has 0 saturated heterocycles. The van der Waals surface area contributed by atoms with Crippen LogP contribution in [0.1, 0.15) is 26.7 Å². The summed E-state index contributed by atoms with van der Waals surface area (Å²) in [6, 6.07) is 0. The Labute approximate surface area is 81.5 Å². The molecule has 2 nitrogen and oxygen atoms in total. The third kappa shape index (κ3) is 3.23. The maximum Gasteiger partial charge on any atom is 0.0524 e. The van der Waals surface area contributed by atoms with Crippen molar-refractivity contribution in [1.29, 1.82) is 0 Å². The van der Waals surface area contributed by atoms with E-state index in [1.807, 2.05) is 0 Å². The van der Waals surface area contributed by atoms with Crippen molar-refractivity contribution in [1.82, 2.24) is 10.0 Å². The fourth-order valence-electron chi connectivity index (χ4n) is 1.55. The van der Waals surface area contributed by atoms with Gasteiger partial charge in [0.05, 0.1) is 6.54 Å². The average Bonchev–Trinajstić information content (AvgIpc) is 2.19. The van der Waals surface area contributed by atoms with Gasteiger partial charge in [-0.3, -0.25) is 0 Å². The molecule has 0 aliphatic carbocycles. The molecule has 1 rings (SSSR count). The highest BCUT2D eigenvalue weighted by Crippen LogP contribution is 2.05. The van der Waals surface area contributed by atoms with Crippen LogP contribution in [0.2, 0.25) is 0 Å². The molecule has 2 heteroatoms. The number of hydrogen-bond acceptors (Lipinski definition) is 2. The largest absolute Gasteiger partial charge is 0.309 e. The van der Waals surface area contributed by atoms with Crippen LogP contribution in [0.15, 0.2) is 24.4 Å². The number of hydrazine groups is 1. The second kappa shape index (κ2) is 5.81. The van der Waals surface area contributed by atoms with E-state index in [1.165, 1.54) is 12.8 Å². The standard InChI is InChI=1S/C11H20N2/c1-3-8-12(9-4-2)13-10-6-5-7-11-13/h5-7,10H,3-4,8-9,11H2,1-2H3. The van der Waals surface area contributed by atoms with E-state index >= 15 is 0 Å². The number of rotatable bonds is 5. The van der Waals surface area contributed by atoms with Crippen LogP contribution in [-0.4, -0.2) is 29.7 Å². The van der Waals surface area contributed by atoms with Gasteiger partial charge in [0, 0.05) is 19.3 Å². The molecule has 1 aliphatic heterocycles. The van der Waals surface area contributed by atoms with E-state index in [9.17, 15) is 0 Å². The molecule has 1 heterocycles. The maximum atomic E-state index is 2.42. The third-order valence-electron chi connectivity index (χ3n) is 2.12. The summed E-state index contributed by atoms with van der Waals surface area (Å²) in [4.78, 5) is 0. The van der Waals surface area contributed by atoms with E-state index < -0.39 is 0 Å². The van der Waals surface area contributed by atoms with Crippen LogP contribution in [0, 0.1) is 0 Å². The Balaban J connectivity index is 2.43. The zero-order valence-electron chi connectivity index (χ0n) is 8.74. The van der Waals surface area contributed by atoms with Gasteiger partial charge in [0.1, 0.15) is 0 Å². The Kier molecular flexibility index (Phi) is 4.61. The van der Waals surface area contributed by atoms with E-state index in [-0.39, 0.29) is 0 Å². The monoisotopic (exact) mass is 180 g/mol. The molecule has 13 heavy (non-hydrogen) atoms. The zero-order valence-corrected chi connectivity index (χ0v) is 8.74. The van der Waals surface area contributed by atoms with Gasteiger partial charge in [-0.25, -0.2) is 5.01 Å². The zero-order chi connectivity index (χ0) is 9.52. The van der Waals surface area contributed by atoms with Gasteiger partial charge in [-0.05, 0) is 18.9 Å². The predicted octanol–water partition coefficient (Wildman–Crippen LogP) is 2.41. The van der Waals surface area contributed by atoms with Crippen LogP contribution in [0.4, 0.5) is 0 Å². The molecule has 74 valence electrons. The molecule has 0 aromatic carbocycles. The SMILES string of the molecule is CCCN(CCC)N1C=CC=CC1. The molecule has 0 amide bonds. The Bertz CT molecular complexity index is 179. The molecule has 0 atom stereocenters.